The maximum absolute atomic E-state index is 11.2. The summed E-state index contributed by atoms with van der Waals surface area (Å²) in [6, 6.07) is 7.96. The van der Waals surface area contributed by atoms with Crippen LogP contribution in [0.4, 0.5) is 0 Å². The molecule has 2 aromatic rings. The Kier molecular flexibility index (Phi) is 4.02. The maximum atomic E-state index is 11.2. The fraction of sp³-hybridized carbons (Fsp3) is 0.450. The number of hydrogen-bond acceptors (Lipinski definition) is 4. The lowest BCUT2D eigenvalue weighted by molar-refractivity contribution is -0.0444. The van der Waals surface area contributed by atoms with E-state index >= 15 is 0 Å². The number of pyridine rings is 1. The molecule has 4 nitrogen and oxygen atoms in total. The molecule has 24 heavy (non-hydrogen) atoms. The van der Waals surface area contributed by atoms with Crippen LogP contribution in [0.2, 0.25) is 0 Å². The van der Waals surface area contributed by atoms with Crippen LogP contribution in [0.15, 0.2) is 43.1 Å². The van der Waals surface area contributed by atoms with Crippen LogP contribution in [0.3, 0.4) is 0 Å². The van der Waals surface area contributed by atoms with Gasteiger partial charge in [-0.2, -0.15) is 0 Å². The van der Waals surface area contributed by atoms with E-state index < -0.39 is 6.10 Å². The molecule has 0 aliphatic carbocycles. The van der Waals surface area contributed by atoms with Crippen molar-refractivity contribution < 1.29 is 9.84 Å². The Hall–Kier alpha value is -1.91. The number of aliphatic hydroxyl groups excluding tert-OH is 1. The molecule has 1 aromatic carbocycles. The van der Waals surface area contributed by atoms with Crippen LogP contribution in [0.1, 0.15) is 24.5 Å². The number of benzene rings is 1. The molecule has 0 saturated carbocycles. The number of fused-ring (bicyclic) bond motifs is 4. The molecule has 126 valence electrons. The number of nitrogens with zero attached hydrogens (tertiary/aromatic N) is 2. The molecule has 3 fully saturated rings. The largest absolute Gasteiger partial charge is 0.497 e. The van der Waals surface area contributed by atoms with Crippen LogP contribution < -0.4 is 4.74 Å². The number of rotatable bonds is 4. The van der Waals surface area contributed by atoms with E-state index in [0.29, 0.717) is 11.8 Å². The van der Waals surface area contributed by atoms with Crippen LogP contribution in [0.25, 0.3) is 10.9 Å². The number of methoxy groups -OCH3 is 1. The molecule has 0 spiro atoms. The third kappa shape index (κ3) is 2.50. The predicted octanol–water partition coefficient (Wildman–Crippen LogP) is 3.17. The van der Waals surface area contributed by atoms with E-state index in [2.05, 4.69) is 22.5 Å². The van der Waals surface area contributed by atoms with E-state index in [4.69, 9.17) is 4.74 Å². The van der Waals surface area contributed by atoms with E-state index in [1.807, 2.05) is 24.3 Å². The highest BCUT2D eigenvalue weighted by Crippen LogP contribution is 2.42. The average Bonchev–Trinajstić information content (AvgIpc) is 2.66. The molecule has 5 rings (SSSR count). The molecule has 3 saturated heterocycles. The zero-order chi connectivity index (χ0) is 16.7. The molecule has 3 aliphatic heterocycles. The molecule has 0 amide bonds. The van der Waals surface area contributed by atoms with Gasteiger partial charge in [-0.15, -0.1) is 6.58 Å². The summed E-state index contributed by atoms with van der Waals surface area (Å²) < 4.78 is 5.35. The normalized spacial score (nSPS) is 30.2. The first-order valence-corrected chi connectivity index (χ1v) is 8.68. The number of aromatic nitrogens is 1. The quantitative estimate of drug-likeness (QED) is 0.878. The summed E-state index contributed by atoms with van der Waals surface area (Å²) in [5, 5.41) is 12.1. The van der Waals surface area contributed by atoms with Crippen LogP contribution in [-0.4, -0.2) is 41.2 Å². The lowest BCUT2D eigenvalue weighted by Crippen LogP contribution is -2.54. The van der Waals surface area contributed by atoms with Gasteiger partial charge in [0.15, 0.2) is 0 Å². The first-order valence-electron chi connectivity index (χ1n) is 8.68. The lowest BCUT2D eigenvalue weighted by atomic mass is 9.73. The number of hydrogen-bond donors (Lipinski definition) is 1. The molecule has 1 aromatic heterocycles. The fourth-order valence-corrected chi connectivity index (χ4v) is 4.44. The van der Waals surface area contributed by atoms with Crippen molar-refractivity contribution in [3.8, 4) is 5.75 Å². The van der Waals surface area contributed by atoms with Gasteiger partial charge in [-0.1, -0.05) is 6.08 Å². The van der Waals surface area contributed by atoms with Crippen molar-refractivity contribution in [1.29, 1.82) is 0 Å². The fourth-order valence-electron chi connectivity index (χ4n) is 4.44. The first kappa shape index (κ1) is 15.6. The Morgan fingerprint density at radius 3 is 3.00 bits per heavy atom. The minimum atomic E-state index is -0.504. The monoisotopic (exact) mass is 324 g/mol. The average molecular weight is 324 g/mol. The molecular weight excluding hydrogens is 300 g/mol. The van der Waals surface area contributed by atoms with Crippen molar-refractivity contribution in [1.82, 2.24) is 9.88 Å². The van der Waals surface area contributed by atoms with Gasteiger partial charge in [0.05, 0.1) is 18.7 Å². The first-order chi connectivity index (χ1) is 11.7. The van der Waals surface area contributed by atoms with Gasteiger partial charge in [-0.3, -0.25) is 9.88 Å². The number of aliphatic hydroxyl groups is 1. The summed E-state index contributed by atoms with van der Waals surface area (Å²) in [4.78, 5) is 6.86. The van der Waals surface area contributed by atoms with E-state index in [9.17, 15) is 5.11 Å². The minimum Gasteiger partial charge on any atom is -0.497 e. The Bertz CT molecular complexity index is 760. The van der Waals surface area contributed by atoms with Crippen LogP contribution in [-0.2, 0) is 0 Å². The zero-order valence-corrected chi connectivity index (χ0v) is 14.1. The van der Waals surface area contributed by atoms with Gasteiger partial charge < -0.3 is 9.84 Å². The summed E-state index contributed by atoms with van der Waals surface area (Å²) in [6.07, 6.45) is 5.62. The Balaban J connectivity index is 1.69. The minimum absolute atomic E-state index is 0.178. The summed E-state index contributed by atoms with van der Waals surface area (Å²) >= 11 is 0. The highest BCUT2D eigenvalue weighted by Gasteiger charge is 2.42. The van der Waals surface area contributed by atoms with Crippen molar-refractivity contribution in [2.24, 2.45) is 11.8 Å². The predicted molar refractivity (Wildman–Crippen MR) is 95.0 cm³/mol. The van der Waals surface area contributed by atoms with E-state index in [0.717, 1.165) is 41.7 Å². The van der Waals surface area contributed by atoms with Crippen LogP contribution in [0.5, 0.6) is 5.75 Å². The van der Waals surface area contributed by atoms with Crippen molar-refractivity contribution in [3.63, 3.8) is 0 Å². The Labute approximate surface area is 142 Å². The summed E-state index contributed by atoms with van der Waals surface area (Å²) in [5.74, 6) is 2.01. The molecule has 4 heterocycles. The van der Waals surface area contributed by atoms with Gasteiger partial charge in [-0.25, -0.2) is 0 Å². The van der Waals surface area contributed by atoms with Gasteiger partial charge in [0, 0.05) is 24.2 Å². The summed E-state index contributed by atoms with van der Waals surface area (Å²) in [7, 11) is 1.66. The van der Waals surface area contributed by atoms with Gasteiger partial charge in [0.25, 0.3) is 0 Å². The van der Waals surface area contributed by atoms with Crippen LogP contribution in [0, 0.1) is 11.8 Å². The van der Waals surface area contributed by atoms with Crippen molar-refractivity contribution in [3.05, 3.63) is 48.7 Å². The molecule has 0 radical (unpaired) electrons. The molecule has 3 unspecified atom stereocenters. The SMILES string of the molecule is C=CC1CN2CC[C@H]1C[C@H]2C(O)c1ccnc2ccc(OC)cc12. The van der Waals surface area contributed by atoms with Crippen molar-refractivity contribution >= 4 is 10.9 Å². The smallest absolute Gasteiger partial charge is 0.119 e. The maximum Gasteiger partial charge on any atom is 0.119 e. The number of piperidine rings is 3. The topological polar surface area (TPSA) is 45.6 Å². The number of ether oxygens (including phenoxy) is 1. The van der Waals surface area contributed by atoms with Crippen LogP contribution >= 0.6 is 0 Å². The van der Waals surface area contributed by atoms with Gasteiger partial charge in [0.2, 0.25) is 0 Å². The summed E-state index contributed by atoms with van der Waals surface area (Å²) in [5.41, 5.74) is 1.85. The van der Waals surface area contributed by atoms with Gasteiger partial charge >= 0.3 is 0 Å². The van der Waals surface area contributed by atoms with Crippen molar-refractivity contribution in [2.75, 3.05) is 20.2 Å². The Morgan fingerprint density at radius 2 is 2.29 bits per heavy atom. The third-order valence-corrected chi connectivity index (χ3v) is 5.82. The highest BCUT2D eigenvalue weighted by atomic mass is 16.5. The standard InChI is InChI=1S/C20H24N2O2/c1-3-13-12-22-9-7-14(13)10-19(22)20(23)16-6-8-21-18-5-4-15(24-2)11-17(16)18/h3-6,8,11,13-14,19-20,23H,1,7,9-10,12H2,2H3/t13?,14-,19-,20?/m0/s1. The molecule has 4 heteroatoms. The zero-order valence-electron chi connectivity index (χ0n) is 14.1. The highest BCUT2D eigenvalue weighted by molar-refractivity contribution is 5.83. The molecule has 1 N–H and O–H groups in total. The van der Waals surface area contributed by atoms with E-state index in [-0.39, 0.29) is 6.04 Å². The third-order valence-electron chi connectivity index (χ3n) is 5.82. The second-order valence-electron chi connectivity index (χ2n) is 6.97. The van der Waals surface area contributed by atoms with Crippen molar-refractivity contribution in [2.45, 2.75) is 25.0 Å². The second kappa shape index (κ2) is 6.19. The van der Waals surface area contributed by atoms with Gasteiger partial charge in [0.1, 0.15) is 5.75 Å². The second-order valence-corrected chi connectivity index (χ2v) is 6.97. The molecule has 5 atom stereocenters. The lowest BCUT2D eigenvalue weighted by Gasteiger charge is -2.50. The van der Waals surface area contributed by atoms with Gasteiger partial charge in [-0.05, 0) is 61.1 Å². The summed E-state index contributed by atoms with van der Waals surface area (Å²) in [6.45, 7) is 6.07. The molecular formula is C20H24N2O2. The molecule has 2 bridgehead atoms. The van der Waals surface area contributed by atoms with E-state index in [1.165, 1.54) is 6.42 Å². The molecule has 3 aliphatic rings. The Morgan fingerprint density at radius 1 is 1.42 bits per heavy atom. The van der Waals surface area contributed by atoms with E-state index in [1.54, 1.807) is 13.3 Å².